The molecule has 3 N–H and O–H groups in total. The highest BCUT2D eigenvalue weighted by molar-refractivity contribution is 6.04. The van der Waals surface area contributed by atoms with E-state index in [1.165, 1.54) is 6.92 Å². The number of hydrogen-bond donors (Lipinski definition) is 2. The van der Waals surface area contributed by atoms with E-state index in [2.05, 4.69) is 5.32 Å². The fourth-order valence-electron chi connectivity index (χ4n) is 1.37. The van der Waals surface area contributed by atoms with Crippen molar-refractivity contribution in [3.05, 3.63) is 29.8 Å². The first-order valence-electron chi connectivity index (χ1n) is 5.14. The minimum absolute atomic E-state index is 0.0626. The number of carbonyl (C=O) groups is 3. The van der Waals surface area contributed by atoms with Crippen molar-refractivity contribution >= 4 is 23.7 Å². The minimum atomic E-state index is -0.799. The van der Waals surface area contributed by atoms with Crippen molar-refractivity contribution in [3.63, 3.8) is 0 Å². The Kier molecular flexibility index (Phi) is 4.54. The van der Waals surface area contributed by atoms with Gasteiger partial charge in [-0.25, -0.2) is 0 Å². The monoisotopic (exact) mass is 234 g/mol. The molecule has 0 saturated heterocycles. The Hall–Kier alpha value is -2.01. The van der Waals surface area contributed by atoms with Gasteiger partial charge in [0.05, 0.1) is 11.7 Å². The van der Waals surface area contributed by atoms with E-state index in [4.69, 9.17) is 5.73 Å². The highest BCUT2D eigenvalue weighted by atomic mass is 16.1. The zero-order valence-electron chi connectivity index (χ0n) is 9.47. The van der Waals surface area contributed by atoms with Gasteiger partial charge in [-0.05, 0) is 19.1 Å². The molecule has 0 spiro atoms. The molecule has 0 aliphatic heterocycles. The normalized spacial score (nSPS) is 11.6. The van der Waals surface area contributed by atoms with E-state index in [1.54, 1.807) is 24.3 Å². The zero-order chi connectivity index (χ0) is 12.8. The third-order valence-corrected chi connectivity index (χ3v) is 2.37. The average Bonchev–Trinajstić information content (AvgIpc) is 2.29. The van der Waals surface area contributed by atoms with E-state index >= 15 is 0 Å². The van der Waals surface area contributed by atoms with E-state index in [9.17, 15) is 14.4 Å². The maximum Gasteiger partial charge on any atom is 0.211 e. The molecule has 0 heterocycles. The Morgan fingerprint density at radius 1 is 1.41 bits per heavy atom. The Balaban J connectivity index is 2.88. The van der Waals surface area contributed by atoms with Crippen LogP contribution in [0.4, 0.5) is 5.69 Å². The van der Waals surface area contributed by atoms with Crippen molar-refractivity contribution in [1.29, 1.82) is 0 Å². The van der Waals surface area contributed by atoms with Gasteiger partial charge in [-0.1, -0.05) is 12.1 Å². The molecule has 1 rings (SSSR count). The van der Waals surface area contributed by atoms with Crippen LogP contribution in [0, 0.1) is 0 Å². The largest absolute Gasteiger partial charge is 0.328 e. The average molecular weight is 234 g/mol. The number of ketones is 2. The van der Waals surface area contributed by atoms with E-state index < -0.39 is 6.04 Å². The molecule has 1 atom stereocenters. The van der Waals surface area contributed by atoms with E-state index in [0.29, 0.717) is 17.7 Å². The van der Waals surface area contributed by atoms with Gasteiger partial charge in [0.25, 0.3) is 0 Å². The number of benzene rings is 1. The lowest BCUT2D eigenvalue weighted by Crippen LogP contribution is -2.31. The number of nitrogens with one attached hydrogen (secondary N) is 1. The van der Waals surface area contributed by atoms with Gasteiger partial charge in [0.1, 0.15) is 5.78 Å². The molecule has 5 heteroatoms. The van der Waals surface area contributed by atoms with Gasteiger partial charge in [0, 0.05) is 12.0 Å². The van der Waals surface area contributed by atoms with Crippen LogP contribution in [-0.4, -0.2) is 24.0 Å². The van der Waals surface area contributed by atoms with E-state index in [0.717, 1.165) is 0 Å². The second kappa shape index (κ2) is 5.91. The summed E-state index contributed by atoms with van der Waals surface area (Å²) in [5, 5.41) is 2.43. The number of para-hydroxylation sites is 1. The molecule has 0 aliphatic carbocycles. The third kappa shape index (κ3) is 3.49. The smallest absolute Gasteiger partial charge is 0.211 e. The van der Waals surface area contributed by atoms with E-state index in [1.807, 2.05) is 0 Å². The highest BCUT2D eigenvalue weighted by Crippen LogP contribution is 2.16. The van der Waals surface area contributed by atoms with Gasteiger partial charge >= 0.3 is 0 Å². The van der Waals surface area contributed by atoms with Crippen LogP contribution in [0.3, 0.4) is 0 Å². The Morgan fingerprint density at radius 3 is 2.65 bits per heavy atom. The molecular weight excluding hydrogens is 220 g/mol. The number of Topliss-reactive ketones (excluding diaryl/α,β-unsaturated/α-hetero) is 2. The molecule has 0 saturated carbocycles. The minimum Gasteiger partial charge on any atom is -0.328 e. The molecule has 0 aliphatic rings. The summed E-state index contributed by atoms with van der Waals surface area (Å²) in [4.78, 5) is 33.2. The van der Waals surface area contributed by atoms with Crippen LogP contribution in [0.15, 0.2) is 24.3 Å². The summed E-state index contributed by atoms with van der Waals surface area (Å²) in [6, 6.07) is 5.78. The lowest BCUT2D eigenvalue weighted by Gasteiger charge is -2.09. The van der Waals surface area contributed by atoms with Gasteiger partial charge in [0.15, 0.2) is 5.78 Å². The first-order chi connectivity index (χ1) is 8.06. The predicted octanol–water partition coefficient (Wildman–Crippen LogP) is 0.744. The van der Waals surface area contributed by atoms with Crippen LogP contribution < -0.4 is 11.1 Å². The van der Waals surface area contributed by atoms with Gasteiger partial charge in [0.2, 0.25) is 6.41 Å². The summed E-state index contributed by atoms with van der Waals surface area (Å²) in [6.45, 7) is 1.34. The molecule has 0 aromatic heterocycles. The Bertz CT molecular complexity index is 443. The quantitative estimate of drug-likeness (QED) is 0.561. The van der Waals surface area contributed by atoms with Crippen LogP contribution >= 0.6 is 0 Å². The predicted molar refractivity (Wildman–Crippen MR) is 63.7 cm³/mol. The van der Waals surface area contributed by atoms with Gasteiger partial charge in [-0.2, -0.15) is 0 Å². The van der Waals surface area contributed by atoms with Crippen molar-refractivity contribution in [3.8, 4) is 0 Å². The molecule has 0 fully saturated rings. The Morgan fingerprint density at radius 2 is 2.06 bits per heavy atom. The molecule has 1 unspecified atom stereocenters. The van der Waals surface area contributed by atoms with Crippen molar-refractivity contribution in [2.24, 2.45) is 5.73 Å². The molecule has 1 aromatic rings. The number of hydrogen-bond acceptors (Lipinski definition) is 4. The van der Waals surface area contributed by atoms with Gasteiger partial charge in [-0.3, -0.25) is 14.4 Å². The fourth-order valence-corrected chi connectivity index (χ4v) is 1.37. The van der Waals surface area contributed by atoms with E-state index in [-0.39, 0.29) is 18.0 Å². The Labute approximate surface area is 99.0 Å². The SMILES string of the molecule is CC(=O)C(N)CC(=O)c1ccccc1NC=O. The van der Waals surface area contributed by atoms with Gasteiger partial charge < -0.3 is 11.1 Å². The summed E-state index contributed by atoms with van der Waals surface area (Å²) in [6.07, 6.45) is 0.434. The number of carbonyl (C=O) groups excluding carboxylic acids is 3. The first-order valence-corrected chi connectivity index (χ1v) is 5.14. The van der Waals surface area contributed by atoms with Crippen LogP contribution in [-0.2, 0) is 9.59 Å². The molecule has 0 radical (unpaired) electrons. The zero-order valence-corrected chi connectivity index (χ0v) is 9.47. The van der Waals surface area contributed by atoms with Crippen molar-refractivity contribution in [1.82, 2.24) is 0 Å². The maximum atomic E-state index is 11.9. The number of nitrogens with two attached hydrogens (primary N) is 1. The van der Waals surface area contributed by atoms with Crippen molar-refractivity contribution < 1.29 is 14.4 Å². The molecule has 5 nitrogen and oxygen atoms in total. The molecular formula is C12H14N2O3. The van der Waals surface area contributed by atoms with Crippen molar-refractivity contribution in [2.75, 3.05) is 5.32 Å². The fraction of sp³-hybridized carbons (Fsp3) is 0.250. The van der Waals surface area contributed by atoms with Crippen molar-refractivity contribution in [2.45, 2.75) is 19.4 Å². The summed E-state index contributed by atoms with van der Waals surface area (Å²) >= 11 is 0. The van der Waals surface area contributed by atoms with Crippen LogP contribution in [0.25, 0.3) is 0 Å². The molecule has 90 valence electrons. The molecule has 1 aromatic carbocycles. The molecule has 17 heavy (non-hydrogen) atoms. The number of amides is 1. The maximum absolute atomic E-state index is 11.9. The summed E-state index contributed by atoms with van der Waals surface area (Å²) in [7, 11) is 0. The number of anilines is 1. The van der Waals surface area contributed by atoms with Gasteiger partial charge in [-0.15, -0.1) is 0 Å². The second-order valence-electron chi connectivity index (χ2n) is 3.65. The highest BCUT2D eigenvalue weighted by Gasteiger charge is 2.17. The lowest BCUT2D eigenvalue weighted by atomic mass is 10.0. The lowest BCUT2D eigenvalue weighted by molar-refractivity contribution is -0.118. The standard InChI is InChI=1S/C12H14N2O3/c1-8(16)10(13)6-12(17)9-4-2-3-5-11(9)14-7-15/h2-5,7,10H,6,13H2,1H3,(H,14,15). The summed E-state index contributed by atoms with van der Waals surface area (Å²) < 4.78 is 0. The van der Waals surface area contributed by atoms with Crippen LogP contribution in [0.2, 0.25) is 0 Å². The second-order valence-corrected chi connectivity index (χ2v) is 3.65. The summed E-state index contributed by atoms with van der Waals surface area (Å²) in [5.74, 6) is -0.503. The molecule has 0 bridgehead atoms. The number of rotatable bonds is 6. The summed E-state index contributed by atoms with van der Waals surface area (Å²) in [5.41, 5.74) is 6.30. The molecule has 1 amide bonds. The first kappa shape index (κ1) is 13.1. The topological polar surface area (TPSA) is 89.3 Å². The van der Waals surface area contributed by atoms with Crippen LogP contribution in [0.1, 0.15) is 23.7 Å². The third-order valence-electron chi connectivity index (χ3n) is 2.37. The van der Waals surface area contributed by atoms with Crippen LogP contribution in [0.5, 0.6) is 0 Å².